The summed E-state index contributed by atoms with van der Waals surface area (Å²) in [6.45, 7) is 7.87. The van der Waals surface area contributed by atoms with Crippen molar-refractivity contribution in [2.24, 2.45) is 5.92 Å². The fourth-order valence-electron chi connectivity index (χ4n) is 4.70. The van der Waals surface area contributed by atoms with Gasteiger partial charge in [-0.2, -0.15) is 0 Å². The predicted octanol–water partition coefficient (Wildman–Crippen LogP) is 2.48. The van der Waals surface area contributed by atoms with E-state index in [1.54, 1.807) is 31.2 Å². The van der Waals surface area contributed by atoms with Gasteiger partial charge in [0.25, 0.3) is 5.91 Å². The Morgan fingerprint density at radius 1 is 1.26 bits per heavy atom. The summed E-state index contributed by atoms with van der Waals surface area (Å²) >= 11 is 0. The van der Waals surface area contributed by atoms with Crippen LogP contribution in [0.25, 0.3) is 0 Å². The van der Waals surface area contributed by atoms with E-state index in [9.17, 15) is 14.7 Å². The first-order valence-corrected chi connectivity index (χ1v) is 13.8. The maximum absolute atomic E-state index is 13.1. The maximum Gasteiger partial charge on any atom is 0.321 e. The Bertz CT molecular complexity index is 1030. The number of nitrogens with one attached hydrogen (secondary N) is 5. The van der Waals surface area contributed by atoms with Crippen LogP contribution in [-0.2, 0) is 4.79 Å². The normalized spacial score (nSPS) is 18.9. The van der Waals surface area contributed by atoms with Gasteiger partial charge in [-0.15, -0.1) is 0 Å². The molecule has 0 spiro atoms. The third-order valence-electron chi connectivity index (χ3n) is 7.13. The summed E-state index contributed by atoms with van der Waals surface area (Å²) in [7, 11) is 3.27. The van der Waals surface area contributed by atoms with Crippen LogP contribution in [0.15, 0.2) is 30.5 Å². The van der Waals surface area contributed by atoms with Crippen molar-refractivity contribution in [1.29, 1.82) is 5.41 Å². The molecule has 3 unspecified atom stereocenters. The van der Waals surface area contributed by atoms with E-state index >= 15 is 0 Å². The molecule has 0 bridgehead atoms. The van der Waals surface area contributed by atoms with Gasteiger partial charge in [0.15, 0.2) is 0 Å². The van der Waals surface area contributed by atoms with E-state index in [1.165, 1.54) is 25.1 Å². The second kappa shape index (κ2) is 14.2. The van der Waals surface area contributed by atoms with Gasteiger partial charge in [0, 0.05) is 50.0 Å². The quantitative estimate of drug-likeness (QED) is 0.166. The van der Waals surface area contributed by atoms with Crippen LogP contribution in [0.4, 0.5) is 16.2 Å². The van der Waals surface area contributed by atoms with E-state index in [0.29, 0.717) is 30.4 Å². The van der Waals surface area contributed by atoms with Crippen molar-refractivity contribution in [3.8, 4) is 5.75 Å². The number of likely N-dealkylation sites (tertiary alicyclic amines) is 1. The van der Waals surface area contributed by atoms with Crippen molar-refractivity contribution in [1.82, 2.24) is 20.9 Å². The molecule has 0 aromatic heterocycles. The lowest BCUT2D eigenvalue weighted by molar-refractivity contribution is -0.115. The van der Waals surface area contributed by atoms with E-state index in [0.717, 1.165) is 25.1 Å². The van der Waals surface area contributed by atoms with Gasteiger partial charge in [-0.05, 0) is 83.3 Å². The SMILES string of the molecule is CN/C=C\C(=N)C(=O)NC1CCCN(C(=O)Nc2ccc(N(C(C)C)C(O)C(C)NCC3CC3)c(OC)c2)C1. The lowest BCUT2D eigenvalue weighted by Crippen LogP contribution is -2.52. The largest absolute Gasteiger partial charge is 0.495 e. The third-order valence-corrected chi connectivity index (χ3v) is 7.13. The van der Waals surface area contributed by atoms with Crippen LogP contribution >= 0.6 is 0 Å². The number of methoxy groups -OCH3 is 1. The zero-order valence-electron chi connectivity index (χ0n) is 23.8. The topological polar surface area (TPSA) is 142 Å². The van der Waals surface area contributed by atoms with Crippen molar-refractivity contribution in [3.05, 3.63) is 30.5 Å². The molecule has 1 aromatic rings. The number of aliphatic hydroxyl groups excluding tert-OH is 1. The number of rotatable bonds is 13. The van der Waals surface area contributed by atoms with Crippen LogP contribution in [0.3, 0.4) is 0 Å². The number of ether oxygens (including phenoxy) is 1. The van der Waals surface area contributed by atoms with Crippen molar-refractivity contribution < 1.29 is 19.4 Å². The Morgan fingerprint density at radius 2 is 2.00 bits per heavy atom. The highest BCUT2D eigenvalue weighted by Crippen LogP contribution is 2.34. The van der Waals surface area contributed by atoms with E-state index in [1.807, 2.05) is 31.7 Å². The molecule has 1 saturated carbocycles. The Morgan fingerprint density at radius 3 is 2.64 bits per heavy atom. The first kappa shape index (κ1) is 30.2. The van der Waals surface area contributed by atoms with E-state index < -0.39 is 12.1 Å². The molecule has 0 radical (unpaired) electrons. The second-order valence-corrected chi connectivity index (χ2v) is 10.7. The molecule has 2 aliphatic rings. The smallest absolute Gasteiger partial charge is 0.321 e. The summed E-state index contributed by atoms with van der Waals surface area (Å²) in [5.41, 5.74) is 1.17. The van der Waals surface area contributed by atoms with Gasteiger partial charge in [-0.1, -0.05) is 0 Å². The number of carbonyl (C=O) groups excluding carboxylic acids is 2. The fraction of sp³-hybridized carbons (Fsp3) is 0.607. The molecule has 216 valence electrons. The van der Waals surface area contributed by atoms with Crippen LogP contribution in [0.2, 0.25) is 0 Å². The number of urea groups is 1. The molecular weight excluding hydrogens is 498 g/mol. The Balaban J connectivity index is 1.64. The Labute approximate surface area is 231 Å². The molecule has 11 nitrogen and oxygen atoms in total. The predicted molar refractivity (Wildman–Crippen MR) is 154 cm³/mol. The van der Waals surface area contributed by atoms with Crippen molar-refractivity contribution in [2.75, 3.05) is 44.0 Å². The Kier molecular flexibility index (Phi) is 11.0. The maximum atomic E-state index is 13.1. The number of piperidine rings is 1. The number of nitrogens with zero attached hydrogens (tertiary/aromatic N) is 2. The zero-order valence-corrected chi connectivity index (χ0v) is 23.8. The van der Waals surface area contributed by atoms with Gasteiger partial charge < -0.3 is 40.9 Å². The standard InChI is InChI=1S/C28H45N7O4/c1-18(2)35(27(37)19(3)31-16-20-8-9-20)24-11-10-21(15-25(24)39-5)33-28(38)34-14-6-7-22(17-34)32-26(36)23(29)12-13-30-4/h10-13,15,18-20,22,27,29-31,37H,6-9,14,16-17H2,1-5H3,(H,32,36)(H,33,38)/b13-12-,29-23?. The number of amides is 3. The summed E-state index contributed by atoms with van der Waals surface area (Å²) in [5, 5.41) is 31.0. The van der Waals surface area contributed by atoms with Gasteiger partial charge in [0.05, 0.1) is 12.8 Å². The number of hydrogen-bond acceptors (Lipinski definition) is 8. The molecule has 1 aliphatic heterocycles. The number of hydrogen-bond donors (Lipinski definition) is 6. The van der Waals surface area contributed by atoms with Crippen molar-refractivity contribution in [3.63, 3.8) is 0 Å². The molecular formula is C28H45N7O4. The first-order chi connectivity index (χ1) is 18.6. The molecule has 1 aliphatic carbocycles. The molecule has 39 heavy (non-hydrogen) atoms. The number of benzene rings is 1. The molecule has 3 rings (SSSR count). The molecule has 2 fully saturated rings. The highest BCUT2D eigenvalue weighted by Gasteiger charge is 2.30. The van der Waals surface area contributed by atoms with Gasteiger partial charge >= 0.3 is 6.03 Å². The van der Waals surface area contributed by atoms with Crippen LogP contribution in [0.5, 0.6) is 5.75 Å². The highest BCUT2D eigenvalue weighted by molar-refractivity contribution is 6.42. The second-order valence-electron chi connectivity index (χ2n) is 10.7. The molecule has 11 heteroatoms. The number of carbonyl (C=O) groups is 2. The van der Waals surface area contributed by atoms with Crippen molar-refractivity contribution in [2.45, 2.75) is 70.8 Å². The van der Waals surface area contributed by atoms with Gasteiger partial charge in [0.2, 0.25) is 0 Å². The van der Waals surface area contributed by atoms with Crippen LogP contribution in [-0.4, -0.2) is 85.8 Å². The minimum absolute atomic E-state index is 0.00946. The average molecular weight is 544 g/mol. The third kappa shape index (κ3) is 8.59. The molecule has 1 aromatic carbocycles. The zero-order chi connectivity index (χ0) is 28.5. The molecule has 3 amide bonds. The van der Waals surface area contributed by atoms with Gasteiger partial charge in [-0.25, -0.2) is 4.79 Å². The van der Waals surface area contributed by atoms with Crippen LogP contribution in [0, 0.1) is 11.3 Å². The first-order valence-electron chi connectivity index (χ1n) is 13.8. The average Bonchev–Trinajstić information content (AvgIpc) is 3.75. The molecule has 3 atom stereocenters. The number of anilines is 2. The Hall–Kier alpha value is -3.31. The van der Waals surface area contributed by atoms with Crippen molar-refractivity contribution >= 4 is 29.0 Å². The summed E-state index contributed by atoms with van der Waals surface area (Å²) in [6.07, 6.45) is 6.14. The minimum atomic E-state index is -0.756. The monoisotopic (exact) mass is 543 g/mol. The van der Waals surface area contributed by atoms with E-state index in [4.69, 9.17) is 10.1 Å². The van der Waals surface area contributed by atoms with E-state index in [2.05, 4.69) is 21.3 Å². The molecule has 1 heterocycles. The summed E-state index contributed by atoms with van der Waals surface area (Å²) in [4.78, 5) is 28.9. The fourth-order valence-corrected chi connectivity index (χ4v) is 4.70. The lowest BCUT2D eigenvalue weighted by atomic mass is 10.1. The van der Waals surface area contributed by atoms with Gasteiger partial charge in [0.1, 0.15) is 17.7 Å². The number of aliphatic hydroxyl groups is 1. The summed E-state index contributed by atoms with van der Waals surface area (Å²) in [6, 6.07) is 4.80. The minimum Gasteiger partial charge on any atom is -0.495 e. The molecule has 1 saturated heterocycles. The summed E-state index contributed by atoms with van der Waals surface area (Å²) in [5.74, 6) is 0.792. The van der Waals surface area contributed by atoms with E-state index in [-0.39, 0.29) is 29.9 Å². The highest BCUT2D eigenvalue weighted by atomic mass is 16.5. The van der Waals surface area contributed by atoms with Crippen LogP contribution < -0.4 is 30.9 Å². The summed E-state index contributed by atoms with van der Waals surface area (Å²) < 4.78 is 5.68. The van der Waals surface area contributed by atoms with Crippen LogP contribution in [0.1, 0.15) is 46.5 Å². The van der Waals surface area contributed by atoms with Gasteiger partial charge in [-0.3, -0.25) is 10.2 Å². The lowest BCUT2D eigenvalue weighted by Gasteiger charge is -2.38. The molecule has 6 N–H and O–H groups in total.